The number of rotatable bonds is 12. The van der Waals surface area contributed by atoms with Gasteiger partial charge >= 0.3 is 0 Å². The van der Waals surface area contributed by atoms with Gasteiger partial charge in [0.2, 0.25) is 0 Å². The highest BCUT2D eigenvalue weighted by atomic mass is 28.4. The van der Waals surface area contributed by atoms with Gasteiger partial charge in [0, 0.05) is 22.3 Å². The van der Waals surface area contributed by atoms with Crippen molar-refractivity contribution in [1.82, 2.24) is 0 Å². The van der Waals surface area contributed by atoms with Crippen LogP contribution in [0.5, 0.6) is 0 Å². The van der Waals surface area contributed by atoms with E-state index in [4.69, 9.17) is 17.7 Å². The predicted octanol–water partition coefficient (Wildman–Crippen LogP) is 13.4. The molecule has 10 heteroatoms. The van der Waals surface area contributed by atoms with E-state index in [0.29, 0.717) is 26.4 Å². The highest BCUT2D eigenvalue weighted by Crippen LogP contribution is 2.40. The average Bonchev–Trinajstić information content (AvgIpc) is 2.95. The Morgan fingerprint density at radius 1 is 0.321 bits per heavy atom. The Hall–Kier alpha value is -1.14. The fraction of sp³-hybridized carbons (Fsp3) is 0.739. The van der Waals surface area contributed by atoms with Crippen LogP contribution in [-0.2, 0) is 17.7 Å². The van der Waals surface area contributed by atoms with Gasteiger partial charge < -0.3 is 17.7 Å². The molecule has 0 aromatic rings. The normalized spacial score (nSPS) is 14.8. The fourth-order valence-corrected chi connectivity index (χ4v) is 8.21. The van der Waals surface area contributed by atoms with Gasteiger partial charge in [-0.3, -0.25) is 0 Å². The molecule has 318 valence electrons. The van der Waals surface area contributed by atoms with Gasteiger partial charge in [0.1, 0.15) is 16.1 Å². The molecule has 0 aliphatic heterocycles. The molecule has 0 saturated carbocycles. The average molecular weight is 872 g/mol. The van der Waals surface area contributed by atoms with E-state index in [2.05, 4.69) is 221 Å². The summed E-state index contributed by atoms with van der Waals surface area (Å²) in [5, 5.41) is 0.241. The molecule has 0 aliphatic rings. The van der Waals surface area contributed by atoms with Crippen LogP contribution in [0.1, 0.15) is 83.1 Å². The van der Waals surface area contributed by atoms with Crippen LogP contribution in [0.25, 0.3) is 0 Å². The summed E-state index contributed by atoms with van der Waals surface area (Å²) in [5.74, 6) is 20.6. The van der Waals surface area contributed by atoms with Crippen molar-refractivity contribution in [2.45, 2.75) is 195 Å². The lowest BCUT2D eigenvalue weighted by atomic mass is 10.1. The number of hydrogen-bond donors (Lipinski definition) is 0. The van der Waals surface area contributed by atoms with Gasteiger partial charge in [0.15, 0.2) is 33.3 Å². The topological polar surface area (TPSA) is 36.9 Å². The summed E-state index contributed by atoms with van der Waals surface area (Å²) in [4.78, 5) is 0. The molecular weight excluding hydrogens is 785 g/mol. The van der Waals surface area contributed by atoms with Crippen molar-refractivity contribution >= 4 is 49.4 Å². The van der Waals surface area contributed by atoms with Crippen LogP contribution >= 0.6 is 0 Å². The van der Waals surface area contributed by atoms with Crippen LogP contribution in [0.3, 0.4) is 0 Å². The van der Waals surface area contributed by atoms with Crippen molar-refractivity contribution < 1.29 is 17.7 Å². The first-order chi connectivity index (χ1) is 24.6. The number of hydrogen-bond acceptors (Lipinski definition) is 4. The van der Waals surface area contributed by atoms with E-state index < -0.39 is 49.4 Å². The Bertz CT molecular complexity index is 1530. The lowest BCUT2D eigenvalue weighted by Crippen LogP contribution is -2.42. The zero-order valence-electron chi connectivity index (χ0n) is 41.5. The van der Waals surface area contributed by atoms with E-state index in [9.17, 15) is 0 Å². The largest absolute Gasteiger partial charge is 0.412 e. The third kappa shape index (κ3) is 19.3. The third-order valence-corrected chi connectivity index (χ3v) is 31.6. The minimum Gasteiger partial charge on any atom is -0.412 e. The van der Waals surface area contributed by atoms with Crippen molar-refractivity contribution in [3.05, 3.63) is 22.3 Å². The zero-order chi connectivity index (χ0) is 44.6. The van der Waals surface area contributed by atoms with Crippen LogP contribution in [0, 0.1) is 46.6 Å². The standard InChI is InChI=1S/C46H86O4Si6/c1-43(2,3)53(19,20)47-35-39(41(31-33-51(13,14)15)37-49-55(23,24)45(7,8)9)29-27-28-30-40(36-48-54(21,22)44(4,5)6)42(32-34-52(16,17)18)38-50-56(25,26)46(10,11)12/h35-38H2,1-26H3/b41-39+,42-40+. The summed E-state index contributed by atoms with van der Waals surface area (Å²) in [6.07, 6.45) is 0. The van der Waals surface area contributed by atoms with Gasteiger partial charge in [-0.05, 0) is 84.4 Å². The molecular formula is C46H86O4Si6. The van der Waals surface area contributed by atoms with Crippen molar-refractivity contribution in [3.8, 4) is 46.6 Å². The highest BCUT2D eigenvalue weighted by molar-refractivity contribution is 6.84. The highest BCUT2D eigenvalue weighted by Gasteiger charge is 2.40. The fourth-order valence-electron chi connectivity index (χ4n) is 3.41. The van der Waals surface area contributed by atoms with Crippen molar-refractivity contribution in [2.24, 2.45) is 0 Å². The van der Waals surface area contributed by atoms with Crippen LogP contribution < -0.4 is 0 Å². The molecule has 0 aromatic carbocycles. The second-order valence-corrected chi connectivity index (χ2v) is 52.3. The van der Waals surface area contributed by atoms with E-state index in [1.54, 1.807) is 0 Å². The summed E-state index contributed by atoms with van der Waals surface area (Å²) < 4.78 is 27.3. The van der Waals surface area contributed by atoms with Crippen LogP contribution in [0.15, 0.2) is 22.3 Å². The maximum atomic E-state index is 6.83. The minimum absolute atomic E-state index is 0.0524. The molecule has 0 heterocycles. The van der Waals surface area contributed by atoms with Gasteiger partial charge in [0.25, 0.3) is 0 Å². The molecule has 0 amide bonds. The Kier molecular flexibility index (Phi) is 19.5. The molecule has 0 rings (SSSR count). The minimum atomic E-state index is -2.10. The summed E-state index contributed by atoms with van der Waals surface area (Å²) in [7, 11) is -11.8. The Morgan fingerprint density at radius 2 is 0.500 bits per heavy atom. The molecule has 0 N–H and O–H groups in total. The van der Waals surface area contributed by atoms with Gasteiger partial charge in [-0.25, -0.2) is 0 Å². The van der Waals surface area contributed by atoms with Crippen molar-refractivity contribution in [1.29, 1.82) is 0 Å². The van der Waals surface area contributed by atoms with Gasteiger partial charge in [-0.15, -0.1) is 11.1 Å². The summed E-state index contributed by atoms with van der Waals surface area (Å²) >= 11 is 0. The Morgan fingerprint density at radius 3 is 0.661 bits per heavy atom. The van der Waals surface area contributed by atoms with E-state index in [1.807, 2.05) is 0 Å². The van der Waals surface area contributed by atoms with Gasteiger partial charge in [-0.1, -0.05) is 146 Å². The molecule has 56 heavy (non-hydrogen) atoms. The second-order valence-electron chi connectivity index (χ2n) is 23.6. The first kappa shape index (κ1) is 54.9. The summed E-state index contributed by atoms with van der Waals surface area (Å²) in [6, 6.07) is 0. The van der Waals surface area contributed by atoms with Crippen LogP contribution in [0.4, 0.5) is 0 Å². The van der Waals surface area contributed by atoms with Gasteiger partial charge in [0.05, 0.1) is 26.4 Å². The summed E-state index contributed by atoms with van der Waals surface area (Å²) in [6.45, 7) is 60.7. The van der Waals surface area contributed by atoms with E-state index in [-0.39, 0.29) is 20.2 Å². The van der Waals surface area contributed by atoms with E-state index in [0.717, 1.165) is 22.3 Å². The predicted molar refractivity (Wildman–Crippen MR) is 264 cm³/mol. The lowest BCUT2D eigenvalue weighted by molar-refractivity contribution is 0.308. The van der Waals surface area contributed by atoms with E-state index in [1.165, 1.54) is 0 Å². The molecule has 0 unspecified atom stereocenters. The molecule has 0 bridgehead atoms. The maximum absolute atomic E-state index is 6.83. The molecule has 0 radical (unpaired) electrons. The maximum Gasteiger partial charge on any atom is 0.192 e. The smallest absolute Gasteiger partial charge is 0.192 e. The van der Waals surface area contributed by atoms with Crippen molar-refractivity contribution in [2.75, 3.05) is 26.4 Å². The van der Waals surface area contributed by atoms with Crippen LogP contribution in [-0.4, -0.2) is 75.8 Å². The summed E-state index contributed by atoms with van der Waals surface area (Å²) in [5.41, 5.74) is 10.8. The molecule has 0 spiro atoms. The van der Waals surface area contributed by atoms with Crippen molar-refractivity contribution in [3.63, 3.8) is 0 Å². The second kappa shape index (κ2) is 19.9. The molecule has 0 fully saturated rings. The van der Waals surface area contributed by atoms with Crippen LogP contribution in [0.2, 0.25) is 112 Å². The first-order valence-corrected chi connectivity index (χ1v) is 39.3. The molecule has 0 saturated heterocycles. The first-order valence-electron chi connectivity index (χ1n) is 20.6. The molecule has 0 atom stereocenters. The Labute approximate surface area is 355 Å². The van der Waals surface area contributed by atoms with Gasteiger partial charge in [-0.2, -0.15) is 0 Å². The quantitative estimate of drug-likeness (QED) is 0.145. The third-order valence-electron chi connectivity index (χ3n) is 11.9. The molecule has 0 aliphatic carbocycles. The Balaban J connectivity index is 7.96. The molecule has 4 nitrogen and oxygen atoms in total. The monoisotopic (exact) mass is 871 g/mol. The molecule has 0 aromatic heterocycles. The SMILES string of the molecule is CC(C)(C)[Si](C)(C)OC/C(C#CC#C/C(CO[Si](C)(C)C(C)(C)C)=C(/C#C[Si](C)(C)C)CO[Si](C)(C)C(C)(C)C)=C(\C#C[Si](C)(C)C)CO[Si](C)(C)C(C)(C)C. The lowest BCUT2D eigenvalue weighted by Gasteiger charge is -2.37. The van der Waals surface area contributed by atoms with E-state index >= 15 is 0 Å². The zero-order valence-corrected chi connectivity index (χ0v) is 47.5.